The molecule has 2 aromatic heterocycles. The third-order valence-electron chi connectivity index (χ3n) is 2.31. The topological polar surface area (TPSA) is 56.5 Å². The van der Waals surface area contributed by atoms with Gasteiger partial charge in [0.1, 0.15) is 5.82 Å². The van der Waals surface area contributed by atoms with Crippen LogP contribution in [0.5, 0.6) is 0 Å². The lowest BCUT2D eigenvalue weighted by molar-refractivity contribution is 0.816. The van der Waals surface area contributed by atoms with Crippen LogP contribution in [0.3, 0.4) is 0 Å². The lowest BCUT2D eigenvalue weighted by Gasteiger charge is -2.00. The maximum Gasteiger partial charge on any atom is 0.187 e. The van der Waals surface area contributed by atoms with Gasteiger partial charge in [0.2, 0.25) is 0 Å². The Balaban J connectivity index is 2.29. The lowest BCUT2D eigenvalue weighted by Crippen LogP contribution is -1.98. The monoisotopic (exact) mass is 211 g/mol. The van der Waals surface area contributed by atoms with E-state index in [4.69, 9.17) is 0 Å². The van der Waals surface area contributed by atoms with Crippen molar-refractivity contribution in [3.63, 3.8) is 0 Å². The van der Waals surface area contributed by atoms with E-state index in [1.54, 1.807) is 10.9 Å². The predicted octanol–water partition coefficient (Wildman–Crippen LogP) is 1.52. The highest BCUT2D eigenvalue weighted by Gasteiger charge is 2.07. The predicted molar refractivity (Wildman–Crippen MR) is 59.2 cm³/mol. The summed E-state index contributed by atoms with van der Waals surface area (Å²) in [5.41, 5.74) is 2.39. The fourth-order valence-corrected chi connectivity index (χ4v) is 1.56. The van der Waals surface area contributed by atoms with Crippen LogP contribution in [-0.2, 0) is 0 Å². The molecule has 0 amide bonds. The highest BCUT2D eigenvalue weighted by atomic mass is 15.4. The van der Waals surface area contributed by atoms with Gasteiger partial charge in [0.25, 0.3) is 0 Å². The fraction of sp³-hybridized carbons (Fsp3) is 0.0909. The van der Waals surface area contributed by atoms with Gasteiger partial charge in [0.15, 0.2) is 11.2 Å². The van der Waals surface area contributed by atoms with Crippen molar-refractivity contribution in [3.05, 3.63) is 42.4 Å². The summed E-state index contributed by atoms with van der Waals surface area (Å²) >= 11 is 0. The molecule has 0 aliphatic heterocycles. The minimum absolute atomic E-state index is 0.703. The number of rotatable bonds is 1. The van der Waals surface area contributed by atoms with Gasteiger partial charge in [-0.25, -0.2) is 9.97 Å². The van der Waals surface area contributed by atoms with E-state index in [0.29, 0.717) is 11.3 Å². The summed E-state index contributed by atoms with van der Waals surface area (Å²) in [6, 6.07) is 9.80. The number of hydrogen-bond donors (Lipinski definition) is 0. The van der Waals surface area contributed by atoms with Gasteiger partial charge in [-0.1, -0.05) is 23.4 Å². The van der Waals surface area contributed by atoms with Crippen molar-refractivity contribution in [2.24, 2.45) is 0 Å². The van der Waals surface area contributed by atoms with Gasteiger partial charge in [0.05, 0.1) is 11.9 Å². The molecule has 2 heterocycles. The molecule has 0 fully saturated rings. The highest BCUT2D eigenvalue weighted by molar-refractivity contribution is 5.70. The molecule has 0 spiro atoms. The van der Waals surface area contributed by atoms with Crippen molar-refractivity contribution in [1.82, 2.24) is 25.0 Å². The first kappa shape index (κ1) is 8.96. The first-order valence-corrected chi connectivity index (χ1v) is 4.95. The van der Waals surface area contributed by atoms with Crippen LogP contribution in [0.1, 0.15) is 5.82 Å². The van der Waals surface area contributed by atoms with Crippen molar-refractivity contribution in [3.8, 4) is 5.69 Å². The molecule has 1 aromatic carbocycles. The zero-order chi connectivity index (χ0) is 11.0. The smallest absolute Gasteiger partial charge is 0.187 e. The van der Waals surface area contributed by atoms with E-state index < -0.39 is 0 Å². The van der Waals surface area contributed by atoms with Crippen LogP contribution < -0.4 is 0 Å². The molecular formula is C11H9N5. The maximum atomic E-state index is 4.34. The minimum atomic E-state index is 0.703. The summed E-state index contributed by atoms with van der Waals surface area (Å²) in [4.78, 5) is 8.43. The Morgan fingerprint density at radius 3 is 2.75 bits per heavy atom. The number of aryl methyl sites for hydroxylation is 1. The number of benzene rings is 1. The van der Waals surface area contributed by atoms with Gasteiger partial charge < -0.3 is 0 Å². The average molecular weight is 211 g/mol. The van der Waals surface area contributed by atoms with Crippen LogP contribution in [0, 0.1) is 6.92 Å². The molecule has 3 rings (SSSR count). The van der Waals surface area contributed by atoms with Gasteiger partial charge in [-0.05, 0) is 19.1 Å². The van der Waals surface area contributed by atoms with Crippen LogP contribution in [0.2, 0.25) is 0 Å². The van der Waals surface area contributed by atoms with Gasteiger partial charge in [-0.15, -0.1) is 5.10 Å². The summed E-state index contributed by atoms with van der Waals surface area (Å²) in [5.74, 6) is 0.715. The molecule has 0 aliphatic carbocycles. The molecule has 0 saturated carbocycles. The molecule has 0 saturated heterocycles. The number of para-hydroxylation sites is 1. The molecule has 0 radical (unpaired) electrons. The van der Waals surface area contributed by atoms with Crippen LogP contribution in [-0.4, -0.2) is 25.0 Å². The molecule has 16 heavy (non-hydrogen) atoms. The Kier molecular flexibility index (Phi) is 1.89. The van der Waals surface area contributed by atoms with Crippen molar-refractivity contribution < 1.29 is 0 Å². The Hall–Kier alpha value is -2.30. The molecule has 0 bridgehead atoms. The molecule has 78 valence electrons. The molecule has 0 aliphatic rings. The van der Waals surface area contributed by atoms with E-state index in [0.717, 1.165) is 11.3 Å². The molecule has 3 aromatic rings. The summed E-state index contributed by atoms with van der Waals surface area (Å²) in [6.45, 7) is 1.85. The fourth-order valence-electron chi connectivity index (χ4n) is 1.56. The van der Waals surface area contributed by atoms with Gasteiger partial charge >= 0.3 is 0 Å². The second-order valence-electron chi connectivity index (χ2n) is 3.46. The second-order valence-corrected chi connectivity index (χ2v) is 3.46. The minimum Gasteiger partial charge on any atom is -0.239 e. The van der Waals surface area contributed by atoms with E-state index in [2.05, 4.69) is 20.3 Å². The second kappa shape index (κ2) is 3.37. The van der Waals surface area contributed by atoms with E-state index in [-0.39, 0.29) is 0 Å². The van der Waals surface area contributed by atoms with Gasteiger partial charge in [-0.2, -0.15) is 4.68 Å². The Bertz CT molecular complexity index is 629. The number of fused-ring (bicyclic) bond motifs is 1. The Morgan fingerprint density at radius 1 is 1.12 bits per heavy atom. The Morgan fingerprint density at radius 2 is 1.94 bits per heavy atom. The van der Waals surface area contributed by atoms with E-state index in [1.165, 1.54) is 0 Å². The summed E-state index contributed by atoms with van der Waals surface area (Å²) in [5, 5.41) is 8.09. The van der Waals surface area contributed by atoms with Crippen LogP contribution >= 0.6 is 0 Å². The van der Waals surface area contributed by atoms with E-state index in [9.17, 15) is 0 Å². The molecule has 0 unspecified atom stereocenters. The molecule has 5 heteroatoms. The number of hydrogen-bond acceptors (Lipinski definition) is 4. The maximum absolute atomic E-state index is 4.34. The molecule has 5 nitrogen and oxygen atoms in total. The third kappa shape index (κ3) is 1.33. The molecule has 0 N–H and O–H groups in total. The van der Waals surface area contributed by atoms with Crippen LogP contribution in [0.15, 0.2) is 36.5 Å². The van der Waals surface area contributed by atoms with Gasteiger partial charge in [-0.3, -0.25) is 0 Å². The first-order chi connectivity index (χ1) is 7.84. The summed E-state index contributed by atoms with van der Waals surface area (Å²) < 4.78 is 1.71. The van der Waals surface area contributed by atoms with E-state index >= 15 is 0 Å². The quantitative estimate of drug-likeness (QED) is 0.612. The van der Waals surface area contributed by atoms with Crippen molar-refractivity contribution in [1.29, 1.82) is 0 Å². The van der Waals surface area contributed by atoms with Gasteiger partial charge in [0, 0.05) is 0 Å². The number of aromatic nitrogens is 5. The largest absolute Gasteiger partial charge is 0.239 e. The first-order valence-electron chi connectivity index (χ1n) is 4.95. The third-order valence-corrected chi connectivity index (χ3v) is 2.31. The SMILES string of the molecule is Cc1ncc2nnn(-c3ccccc3)c2n1. The van der Waals surface area contributed by atoms with Crippen LogP contribution in [0.25, 0.3) is 16.9 Å². The van der Waals surface area contributed by atoms with Crippen molar-refractivity contribution in [2.45, 2.75) is 6.92 Å². The summed E-state index contributed by atoms with van der Waals surface area (Å²) in [6.07, 6.45) is 1.68. The summed E-state index contributed by atoms with van der Waals surface area (Å²) in [7, 11) is 0. The number of nitrogens with zero attached hydrogens (tertiary/aromatic N) is 5. The average Bonchev–Trinajstić information content (AvgIpc) is 2.73. The molecule has 0 atom stereocenters. The zero-order valence-electron chi connectivity index (χ0n) is 8.70. The van der Waals surface area contributed by atoms with Crippen molar-refractivity contribution >= 4 is 11.2 Å². The standard InChI is InChI=1S/C11H9N5/c1-8-12-7-10-11(13-8)16(15-14-10)9-5-3-2-4-6-9/h2-7H,1H3. The van der Waals surface area contributed by atoms with Crippen molar-refractivity contribution in [2.75, 3.05) is 0 Å². The normalized spacial score (nSPS) is 10.8. The molecular weight excluding hydrogens is 202 g/mol. The van der Waals surface area contributed by atoms with E-state index in [1.807, 2.05) is 37.3 Å². The zero-order valence-corrected chi connectivity index (χ0v) is 8.70. The van der Waals surface area contributed by atoms with Crippen LogP contribution in [0.4, 0.5) is 0 Å². The lowest BCUT2D eigenvalue weighted by atomic mass is 10.3. The highest BCUT2D eigenvalue weighted by Crippen LogP contribution is 2.12. The Labute approximate surface area is 91.8 Å².